The molecule has 2 aromatic rings. The molecule has 3 rings (SSSR count). The summed E-state index contributed by atoms with van der Waals surface area (Å²) in [5.74, 6) is -1.05. The Morgan fingerprint density at radius 1 is 1.23 bits per heavy atom. The molecule has 0 aromatic heterocycles. The van der Waals surface area contributed by atoms with E-state index in [1.165, 1.54) is 23.9 Å². The lowest BCUT2D eigenvalue weighted by Gasteiger charge is -2.25. The van der Waals surface area contributed by atoms with Crippen LogP contribution in [-0.4, -0.2) is 29.4 Å². The molecular formula is C22H21ClFN3O3S. The molecule has 2 aromatic carbocycles. The van der Waals surface area contributed by atoms with E-state index in [2.05, 4.69) is 15.6 Å². The van der Waals surface area contributed by atoms with Crippen molar-refractivity contribution in [1.82, 2.24) is 5.32 Å². The van der Waals surface area contributed by atoms with Crippen LogP contribution in [0.1, 0.15) is 25.5 Å². The summed E-state index contributed by atoms with van der Waals surface area (Å²) in [4.78, 5) is 29.4. The van der Waals surface area contributed by atoms with E-state index in [4.69, 9.17) is 16.3 Å². The maximum absolute atomic E-state index is 13.4. The van der Waals surface area contributed by atoms with Crippen LogP contribution >= 0.6 is 23.4 Å². The molecule has 2 N–H and O–H groups in total. The molecule has 0 saturated carbocycles. The zero-order valence-corrected chi connectivity index (χ0v) is 18.5. The van der Waals surface area contributed by atoms with Crippen molar-refractivity contribution in [3.8, 4) is 0 Å². The molecule has 0 bridgehead atoms. The number of allylic oxidation sites excluding steroid dienone is 1. The largest absolute Gasteiger partial charge is 0.463 e. The summed E-state index contributed by atoms with van der Waals surface area (Å²) >= 11 is 7.26. The minimum absolute atomic E-state index is 0.0786. The van der Waals surface area contributed by atoms with E-state index in [1.54, 1.807) is 50.2 Å². The molecule has 0 saturated heterocycles. The van der Waals surface area contributed by atoms with Crippen LogP contribution < -0.4 is 10.6 Å². The Hall–Kier alpha value is -2.84. The van der Waals surface area contributed by atoms with Crippen molar-refractivity contribution in [2.24, 2.45) is 4.99 Å². The number of benzene rings is 2. The Morgan fingerprint density at radius 2 is 1.94 bits per heavy atom. The van der Waals surface area contributed by atoms with E-state index in [0.29, 0.717) is 32.7 Å². The molecule has 0 fully saturated rings. The summed E-state index contributed by atoms with van der Waals surface area (Å²) in [5, 5.41) is 6.72. The predicted molar refractivity (Wildman–Crippen MR) is 122 cm³/mol. The summed E-state index contributed by atoms with van der Waals surface area (Å²) in [7, 11) is 0. The number of thioether (sulfide) groups is 1. The molecule has 0 spiro atoms. The van der Waals surface area contributed by atoms with Crippen LogP contribution in [-0.2, 0) is 14.3 Å². The molecule has 1 aliphatic heterocycles. The molecule has 1 heterocycles. The molecule has 0 unspecified atom stereocenters. The number of rotatable bonds is 6. The van der Waals surface area contributed by atoms with Crippen LogP contribution in [0.3, 0.4) is 0 Å². The average Bonchev–Trinajstić information content (AvgIpc) is 2.74. The van der Waals surface area contributed by atoms with E-state index in [9.17, 15) is 14.0 Å². The minimum Gasteiger partial charge on any atom is -0.463 e. The van der Waals surface area contributed by atoms with E-state index in [-0.39, 0.29) is 24.1 Å². The molecule has 9 heteroatoms. The van der Waals surface area contributed by atoms with Crippen LogP contribution in [0.25, 0.3) is 0 Å². The van der Waals surface area contributed by atoms with Crippen molar-refractivity contribution < 1.29 is 18.7 Å². The molecule has 1 amide bonds. The van der Waals surface area contributed by atoms with E-state index < -0.39 is 12.0 Å². The van der Waals surface area contributed by atoms with E-state index in [1.807, 2.05) is 0 Å². The highest BCUT2D eigenvalue weighted by Crippen LogP contribution is 2.33. The molecule has 31 heavy (non-hydrogen) atoms. The lowest BCUT2D eigenvalue weighted by molar-refractivity contribution is -0.139. The van der Waals surface area contributed by atoms with Gasteiger partial charge in [0.1, 0.15) is 11.9 Å². The number of esters is 1. The molecule has 0 aliphatic carbocycles. The number of para-hydroxylation sites is 1. The zero-order valence-electron chi connectivity index (χ0n) is 16.9. The number of hydrogen-bond donors (Lipinski definition) is 2. The number of aliphatic imine (C=N–C) groups is 1. The molecule has 1 aliphatic rings. The second-order valence-electron chi connectivity index (χ2n) is 6.59. The molecule has 6 nitrogen and oxygen atoms in total. The van der Waals surface area contributed by atoms with Gasteiger partial charge in [-0.15, -0.1) is 0 Å². The fraction of sp³-hybridized carbons (Fsp3) is 0.227. The highest BCUT2D eigenvalue weighted by atomic mass is 35.5. The van der Waals surface area contributed by atoms with Crippen LogP contribution in [0.2, 0.25) is 5.02 Å². The van der Waals surface area contributed by atoms with E-state index in [0.717, 1.165) is 0 Å². The number of nitrogens with zero attached hydrogens (tertiary/aromatic N) is 1. The topological polar surface area (TPSA) is 79.8 Å². The number of halogens is 2. The van der Waals surface area contributed by atoms with Gasteiger partial charge in [-0.1, -0.05) is 47.6 Å². The highest BCUT2D eigenvalue weighted by Gasteiger charge is 2.30. The number of carbonyl (C=O) groups is 2. The molecule has 162 valence electrons. The zero-order chi connectivity index (χ0) is 22.4. The van der Waals surface area contributed by atoms with Crippen molar-refractivity contribution in [3.05, 3.63) is 76.2 Å². The Balaban J connectivity index is 1.77. The summed E-state index contributed by atoms with van der Waals surface area (Å²) in [6, 6.07) is 12.1. The van der Waals surface area contributed by atoms with Gasteiger partial charge in [-0.05, 0) is 43.7 Å². The summed E-state index contributed by atoms with van der Waals surface area (Å²) in [5.41, 5.74) is 2.08. The van der Waals surface area contributed by atoms with Crippen molar-refractivity contribution in [2.45, 2.75) is 19.9 Å². The maximum atomic E-state index is 13.4. The van der Waals surface area contributed by atoms with Crippen LogP contribution in [0, 0.1) is 5.82 Å². The van der Waals surface area contributed by atoms with E-state index >= 15 is 0 Å². The smallest absolute Gasteiger partial charge is 0.338 e. The SMILES string of the molecule is CCOC(=O)C1=C(C)NC(SCC(=O)Nc2ccccc2Cl)=N[C@H]1c1ccc(F)cc1. The monoisotopic (exact) mass is 461 g/mol. The Labute approximate surface area is 188 Å². The number of amidine groups is 1. The van der Waals surface area contributed by atoms with Crippen LogP contribution in [0.15, 0.2) is 64.8 Å². The third-order valence-corrected chi connectivity index (χ3v) is 5.60. The van der Waals surface area contributed by atoms with Gasteiger partial charge in [0.15, 0.2) is 5.17 Å². The van der Waals surface area contributed by atoms with Gasteiger partial charge < -0.3 is 15.4 Å². The van der Waals surface area contributed by atoms with Gasteiger partial charge >= 0.3 is 5.97 Å². The molecule has 0 radical (unpaired) electrons. The lowest BCUT2D eigenvalue weighted by atomic mass is 9.96. The summed E-state index contributed by atoms with van der Waals surface area (Å²) in [6.07, 6.45) is 0. The van der Waals surface area contributed by atoms with Crippen molar-refractivity contribution >= 4 is 46.1 Å². The number of carbonyl (C=O) groups excluding carboxylic acids is 2. The third-order valence-electron chi connectivity index (χ3n) is 4.39. The standard InChI is InChI=1S/C22H21ClFN3O3S/c1-3-30-21(29)19-13(2)25-22(27-20(19)14-8-10-15(24)11-9-14)31-12-18(28)26-17-7-5-4-6-16(17)23/h4-11,20H,3,12H2,1-2H3,(H,25,27)(H,26,28)/t20-/m0/s1. The third kappa shape index (κ3) is 5.86. The summed E-state index contributed by atoms with van der Waals surface area (Å²) < 4.78 is 18.6. The van der Waals surface area contributed by atoms with Gasteiger partial charge in [0.05, 0.1) is 28.6 Å². The number of anilines is 1. The lowest BCUT2D eigenvalue weighted by Crippen LogP contribution is -2.31. The maximum Gasteiger partial charge on any atom is 0.338 e. The highest BCUT2D eigenvalue weighted by molar-refractivity contribution is 8.14. The second-order valence-corrected chi connectivity index (χ2v) is 7.96. The first-order valence-electron chi connectivity index (χ1n) is 9.54. The first-order chi connectivity index (χ1) is 14.9. The van der Waals surface area contributed by atoms with Gasteiger partial charge in [0, 0.05) is 5.70 Å². The van der Waals surface area contributed by atoms with Crippen molar-refractivity contribution in [3.63, 3.8) is 0 Å². The van der Waals surface area contributed by atoms with Crippen LogP contribution in [0.4, 0.5) is 10.1 Å². The molecular weight excluding hydrogens is 441 g/mol. The van der Waals surface area contributed by atoms with Gasteiger partial charge in [-0.3, -0.25) is 4.79 Å². The Bertz CT molecular complexity index is 1040. The van der Waals surface area contributed by atoms with Gasteiger partial charge in [0.25, 0.3) is 0 Å². The second kappa shape index (κ2) is 10.5. The van der Waals surface area contributed by atoms with Crippen LogP contribution in [0.5, 0.6) is 0 Å². The molecule has 1 atom stereocenters. The predicted octanol–water partition coefficient (Wildman–Crippen LogP) is 4.69. The first kappa shape index (κ1) is 22.8. The normalized spacial score (nSPS) is 15.7. The Morgan fingerprint density at radius 3 is 2.61 bits per heavy atom. The number of hydrogen-bond acceptors (Lipinski definition) is 6. The number of amides is 1. The van der Waals surface area contributed by atoms with Gasteiger partial charge in [-0.25, -0.2) is 14.2 Å². The summed E-state index contributed by atoms with van der Waals surface area (Å²) in [6.45, 7) is 3.68. The van der Waals surface area contributed by atoms with Crippen molar-refractivity contribution in [2.75, 3.05) is 17.7 Å². The fourth-order valence-electron chi connectivity index (χ4n) is 2.96. The number of ether oxygens (including phenoxy) is 1. The average molecular weight is 462 g/mol. The fourth-order valence-corrected chi connectivity index (χ4v) is 3.89. The number of nitrogens with one attached hydrogen (secondary N) is 2. The van der Waals surface area contributed by atoms with Gasteiger partial charge in [-0.2, -0.15) is 0 Å². The minimum atomic E-state index is -0.671. The quantitative estimate of drug-likeness (QED) is 0.610. The van der Waals surface area contributed by atoms with Crippen molar-refractivity contribution in [1.29, 1.82) is 0 Å². The van der Waals surface area contributed by atoms with Gasteiger partial charge in [0.2, 0.25) is 5.91 Å². The Kier molecular flexibility index (Phi) is 7.70. The first-order valence-corrected chi connectivity index (χ1v) is 10.9.